The molecular formula is C14H26ClN3O2. The zero-order valence-corrected chi connectivity index (χ0v) is 13.6. The summed E-state index contributed by atoms with van der Waals surface area (Å²) in [6.07, 6.45) is 2.15. The first kappa shape index (κ1) is 17.4. The van der Waals surface area contributed by atoms with Crippen molar-refractivity contribution in [2.75, 3.05) is 26.8 Å². The van der Waals surface area contributed by atoms with Crippen LogP contribution in [0.2, 0.25) is 5.02 Å². The number of nitrogens with zero attached hydrogens (tertiary/aromatic N) is 2. The van der Waals surface area contributed by atoms with Crippen molar-refractivity contribution in [1.82, 2.24) is 15.1 Å². The molecule has 0 saturated heterocycles. The van der Waals surface area contributed by atoms with Gasteiger partial charge in [0.05, 0.1) is 30.1 Å². The highest BCUT2D eigenvalue weighted by molar-refractivity contribution is 6.31. The third-order valence-electron chi connectivity index (χ3n) is 3.15. The van der Waals surface area contributed by atoms with Crippen molar-refractivity contribution in [3.8, 4) is 0 Å². The van der Waals surface area contributed by atoms with Crippen LogP contribution in [-0.4, -0.2) is 41.7 Å². The van der Waals surface area contributed by atoms with Crippen LogP contribution in [0, 0.1) is 5.92 Å². The van der Waals surface area contributed by atoms with Crippen LogP contribution < -0.4 is 5.32 Å². The first-order valence-corrected chi connectivity index (χ1v) is 7.40. The van der Waals surface area contributed by atoms with E-state index in [1.54, 1.807) is 24.9 Å². The lowest BCUT2D eigenvalue weighted by Crippen LogP contribution is -2.32. The molecule has 1 heterocycles. The van der Waals surface area contributed by atoms with E-state index in [4.69, 9.17) is 16.3 Å². The summed E-state index contributed by atoms with van der Waals surface area (Å²) in [6.45, 7) is 8.87. The zero-order chi connectivity index (χ0) is 15.2. The summed E-state index contributed by atoms with van der Waals surface area (Å²) in [4.78, 5) is 0. The Balaban J connectivity index is 2.67. The van der Waals surface area contributed by atoms with Crippen LogP contribution in [0.4, 0.5) is 0 Å². The van der Waals surface area contributed by atoms with Gasteiger partial charge in [0.1, 0.15) is 5.60 Å². The minimum atomic E-state index is -1.01. The molecular weight excluding hydrogens is 278 g/mol. The Bertz CT molecular complexity index is 405. The Morgan fingerprint density at radius 1 is 1.55 bits per heavy atom. The maximum Gasteiger partial charge on any atom is 0.106 e. The van der Waals surface area contributed by atoms with E-state index in [2.05, 4.69) is 24.3 Å². The van der Waals surface area contributed by atoms with Gasteiger partial charge in [-0.25, -0.2) is 0 Å². The standard InChI is InChI=1S/C14H26ClN3O2/c1-11(2)9-16-6-5-14(3,19)13-12(15)10-17-18(13)7-8-20-4/h10-11,16,19H,5-9H2,1-4H3. The summed E-state index contributed by atoms with van der Waals surface area (Å²) in [5.41, 5.74) is -0.353. The van der Waals surface area contributed by atoms with E-state index in [-0.39, 0.29) is 0 Å². The van der Waals surface area contributed by atoms with Gasteiger partial charge in [-0.2, -0.15) is 5.10 Å². The van der Waals surface area contributed by atoms with Crippen LogP contribution in [0.1, 0.15) is 32.9 Å². The van der Waals surface area contributed by atoms with E-state index in [9.17, 15) is 5.11 Å². The smallest absolute Gasteiger partial charge is 0.106 e. The van der Waals surface area contributed by atoms with Crippen LogP contribution in [0.3, 0.4) is 0 Å². The fraction of sp³-hybridized carbons (Fsp3) is 0.786. The predicted octanol–water partition coefficient (Wildman–Crippen LogP) is 2.03. The topological polar surface area (TPSA) is 59.3 Å². The molecule has 5 nitrogen and oxygen atoms in total. The number of halogens is 1. The summed E-state index contributed by atoms with van der Waals surface area (Å²) in [6, 6.07) is 0. The van der Waals surface area contributed by atoms with Crippen molar-refractivity contribution in [2.24, 2.45) is 5.92 Å². The summed E-state index contributed by atoms with van der Waals surface area (Å²) < 4.78 is 6.77. The lowest BCUT2D eigenvalue weighted by molar-refractivity contribution is 0.0370. The molecule has 0 aliphatic heterocycles. The molecule has 0 saturated carbocycles. The number of hydrogen-bond acceptors (Lipinski definition) is 4. The van der Waals surface area contributed by atoms with Crippen molar-refractivity contribution in [3.05, 3.63) is 16.9 Å². The van der Waals surface area contributed by atoms with Gasteiger partial charge in [0.25, 0.3) is 0 Å². The molecule has 0 radical (unpaired) electrons. The molecule has 6 heteroatoms. The van der Waals surface area contributed by atoms with Gasteiger partial charge in [-0.3, -0.25) is 4.68 Å². The van der Waals surface area contributed by atoms with Crippen LogP contribution >= 0.6 is 11.6 Å². The van der Waals surface area contributed by atoms with Gasteiger partial charge in [0.2, 0.25) is 0 Å². The average Bonchev–Trinajstić information content (AvgIpc) is 2.74. The molecule has 1 unspecified atom stereocenters. The van der Waals surface area contributed by atoms with E-state index in [1.165, 1.54) is 0 Å². The van der Waals surface area contributed by atoms with Gasteiger partial charge in [0.15, 0.2) is 0 Å². The van der Waals surface area contributed by atoms with Crippen LogP contribution in [0.15, 0.2) is 6.20 Å². The molecule has 1 rings (SSSR count). The number of hydrogen-bond donors (Lipinski definition) is 2. The Labute approximate surface area is 126 Å². The molecule has 116 valence electrons. The molecule has 0 fully saturated rings. The predicted molar refractivity (Wildman–Crippen MR) is 81.0 cm³/mol. The lowest BCUT2D eigenvalue weighted by atomic mass is 9.97. The lowest BCUT2D eigenvalue weighted by Gasteiger charge is -2.25. The van der Waals surface area contributed by atoms with Crippen LogP contribution in [0.5, 0.6) is 0 Å². The molecule has 0 aliphatic rings. The molecule has 20 heavy (non-hydrogen) atoms. The molecule has 1 aromatic rings. The summed E-state index contributed by atoms with van der Waals surface area (Å²) in [7, 11) is 1.64. The Hall–Kier alpha value is -0.620. The highest BCUT2D eigenvalue weighted by atomic mass is 35.5. The van der Waals surface area contributed by atoms with E-state index in [0.717, 1.165) is 13.1 Å². The molecule has 1 aromatic heterocycles. The van der Waals surface area contributed by atoms with Gasteiger partial charge >= 0.3 is 0 Å². The molecule has 0 aliphatic carbocycles. The average molecular weight is 304 g/mol. The van der Waals surface area contributed by atoms with Gasteiger partial charge in [-0.15, -0.1) is 0 Å². The van der Waals surface area contributed by atoms with Crippen molar-refractivity contribution < 1.29 is 9.84 Å². The zero-order valence-electron chi connectivity index (χ0n) is 12.8. The maximum atomic E-state index is 10.7. The van der Waals surface area contributed by atoms with Crippen molar-refractivity contribution >= 4 is 11.6 Å². The van der Waals surface area contributed by atoms with E-state index in [0.29, 0.717) is 36.2 Å². The molecule has 2 N–H and O–H groups in total. The second-order valence-electron chi connectivity index (χ2n) is 5.68. The highest BCUT2D eigenvalue weighted by Crippen LogP contribution is 2.30. The number of ether oxygens (including phenoxy) is 1. The highest BCUT2D eigenvalue weighted by Gasteiger charge is 2.29. The largest absolute Gasteiger partial charge is 0.384 e. The van der Waals surface area contributed by atoms with Gasteiger partial charge in [-0.05, 0) is 32.4 Å². The number of aromatic nitrogens is 2. The minimum Gasteiger partial charge on any atom is -0.384 e. The Kier molecular flexibility index (Phi) is 6.95. The van der Waals surface area contributed by atoms with E-state index in [1.807, 2.05) is 0 Å². The third-order valence-corrected chi connectivity index (χ3v) is 3.43. The van der Waals surface area contributed by atoms with Gasteiger partial charge < -0.3 is 15.2 Å². The number of rotatable bonds is 9. The minimum absolute atomic E-state index is 0.495. The summed E-state index contributed by atoms with van der Waals surface area (Å²) in [5.74, 6) is 0.593. The van der Waals surface area contributed by atoms with E-state index >= 15 is 0 Å². The molecule has 0 amide bonds. The Morgan fingerprint density at radius 2 is 2.25 bits per heavy atom. The SMILES string of the molecule is COCCn1ncc(Cl)c1C(C)(O)CCNCC(C)C. The number of nitrogens with one attached hydrogen (secondary N) is 1. The second kappa shape index (κ2) is 7.98. The summed E-state index contributed by atoms with van der Waals surface area (Å²) in [5, 5.41) is 18.7. The molecule has 0 bridgehead atoms. The van der Waals surface area contributed by atoms with Crippen molar-refractivity contribution in [2.45, 2.75) is 39.3 Å². The fourth-order valence-corrected chi connectivity index (χ4v) is 2.43. The maximum absolute atomic E-state index is 10.7. The van der Waals surface area contributed by atoms with E-state index < -0.39 is 5.60 Å². The normalized spacial score (nSPS) is 14.8. The second-order valence-corrected chi connectivity index (χ2v) is 6.09. The van der Waals surface area contributed by atoms with Gasteiger partial charge in [0, 0.05) is 7.11 Å². The van der Waals surface area contributed by atoms with Crippen LogP contribution in [-0.2, 0) is 16.9 Å². The third kappa shape index (κ3) is 5.05. The van der Waals surface area contributed by atoms with Gasteiger partial charge in [-0.1, -0.05) is 25.4 Å². The monoisotopic (exact) mass is 303 g/mol. The quantitative estimate of drug-likeness (QED) is 0.685. The molecule has 0 aromatic carbocycles. The first-order chi connectivity index (χ1) is 9.38. The summed E-state index contributed by atoms with van der Waals surface area (Å²) >= 11 is 6.17. The van der Waals surface area contributed by atoms with Crippen LogP contribution in [0.25, 0.3) is 0 Å². The first-order valence-electron chi connectivity index (χ1n) is 7.02. The van der Waals surface area contributed by atoms with Crippen molar-refractivity contribution in [1.29, 1.82) is 0 Å². The molecule has 0 spiro atoms. The Morgan fingerprint density at radius 3 is 2.85 bits per heavy atom. The molecule has 1 atom stereocenters. The number of aliphatic hydroxyl groups is 1. The fourth-order valence-electron chi connectivity index (χ4n) is 2.09. The van der Waals surface area contributed by atoms with Crippen molar-refractivity contribution in [3.63, 3.8) is 0 Å². The number of methoxy groups -OCH3 is 1.